The highest BCUT2D eigenvalue weighted by Crippen LogP contribution is 2.36. The summed E-state index contributed by atoms with van der Waals surface area (Å²) in [4.78, 5) is 11.5. The van der Waals surface area contributed by atoms with E-state index >= 15 is 0 Å². The van der Waals surface area contributed by atoms with Gasteiger partial charge in [-0.25, -0.2) is 0 Å². The smallest absolute Gasteiger partial charge is 0.150 e. The van der Waals surface area contributed by atoms with Crippen molar-refractivity contribution < 1.29 is 4.79 Å². The number of rotatable bonds is 3. The molecule has 0 unspecified atom stereocenters. The third-order valence-electron chi connectivity index (χ3n) is 4.38. The summed E-state index contributed by atoms with van der Waals surface area (Å²) in [6.07, 6.45) is 0.926. The van der Waals surface area contributed by atoms with Crippen molar-refractivity contribution in [3.63, 3.8) is 0 Å². The average Bonchev–Trinajstić information content (AvgIpc) is 2.67. The summed E-state index contributed by atoms with van der Waals surface area (Å²) >= 11 is 0. The van der Waals surface area contributed by atoms with E-state index in [1.54, 1.807) is 0 Å². The molecular formula is C23H16O. The van der Waals surface area contributed by atoms with Crippen LogP contribution in [0.2, 0.25) is 0 Å². The third kappa shape index (κ3) is 2.40. The highest BCUT2D eigenvalue weighted by molar-refractivity contribution is 6.02. The first-order valence-electron chi connectivity index (χ1n) is 8.00. The predicted molar refractivity (Wildman–Crippen MR) is 100 cm³/mol. The van der Waals surface area contributed by atoms with E-state index in [-0.39, 0.29) is 0 Å². The fourth-order valence-electron chi connectivity index (χ4n) is 3.26. The topological polar surface area (TPSA) is 17.1 Å². The van der Waals surface area contributed by atoms with Crippen molar-refractivity contribution in [1.82, 2.24) is 0 Å². The van der Waals surface area contributed by atoms with Gasteiger partial charge in [-0.1, -0.05) is 91.0 Å². The van der Waals surface area contributed by atoms with Crippen molar-refractivity contribution in [1.29, 1.82) is 0 Å². The monoisotopic (exact) mass is 308 g/mol. The van der Waals surface area contributed by atoms with Crippen LogP contribution in [0.4, 0.5) is 0 Å². The van der Waals surface area contributed by atoms with E-state index in [1.165, 1.54) is 16.3 Å². The second kappa shape index (κ2) is 6.13. The van der Waals surface area contributed by atoms with Gasteiger partial charge >= 0.3 is 0 Å². The van der Waals surface area contributed by atoms with Crippen LogP contribution in [-0.4, -0.2) is 6.29 Å². The maximum absolute atomic E-state index is 11.5. The molecule has 4 aromatic rings. The molecule has 0 atom stereocenters. The molecule has 24 heavy (non-hydrogen) atoms. The first-order valence-corrected chi connectivity index (χ1v) is 8.00. The molecule has 0 amide bonds. The number of fused-ring (bicyclic) bond motifs is 1. The lowest BCUT2D eigenvalue weighted by atomic mass is 9.90. The molecule has 1 heteroatoms. The summed E-state index contributed by atoms with van der Waals surface area (Å²) < 4.78 is 0. The molecule has 0 bridgehead atoms. The van der Waals surface area contributed by atoms with E-state index in [4.69, 9.17) is 0 Å². The van der Waals surface area contributed by atoms with Gasteiger partial charge in [-0.15, -0.1) is 0 Å². The molecule has 0 radical (unpaired) electrons. The first-order chi connectivity index (χ1) is 11.9. The number of hydrogen-bond acceptors (Lipinski definition) is 1. The molecule has 0 fully saturated rings. The van der Waals surface area contributed by atoms with Gasteiger partial charge in [0.1, 0.15) is 0 Å². The molecule has 0 N–H and O–H groups in total. The number of benzene rings is 4. The standard InChI is InChI=1S/C23H16O/c24-16-18-9-2-4-12-20(18)21-13-5-6-14-23(21)22-15-7-10-17-8-1-3-11-19(17)22/h1-16H. The van der Waals surface area contributed by atoms with Crippen LogP contribution >= 0.6 is 0 Å². The lowest BCUT2D eigenvalue weighted by Gasteiger charge is -2.14. The van der Waals surface area contributed by atoms with Crippen LogP contribution in [-0.2, 0) is 0 Å². The lowest BCUT2D eigenvalue weighted by Crippen LogP contribution is -1.91. The lowest BCUT2D eigenvalue weighted by molar-refractivity contribution is 0.112. The summed E-state index contributed by atoms with van der Waals surface area (Å²) in [5, 5.41) is 2.43. The minimum atomic E-state index is 0.713. The SMILES string of the molecule is O=Cc1ccccc1-c1ccccc1-c1cccc2ccccc12. The predicted octanol–water partition coefficient (Wildman–Crippen LogP) is 5.99. The largest absolute Gasteiger partial charge is 0.298 e. The van der Waals surface area contributed by atoms with Crippen LogP contribution in [0.25, 0.3) is 33.0 Å². The molecule has 4 aromatic carbocycles. The average molecular weight is 308 g/mol. The highest BCUT2D eigenvalue weighted by Gasteiger charge is 2.12. The number of carbonyl (C=O) groups excluding carboxylic acids is 1. The zero-order chi connectivity index (χ0) is 16.4. The Morgan fingerprint density at radius 2 is 1.04 bits per heavy atom. The van der Waals surface area contributed by atoms with Crippen molar-refractivity contribution in [2.24, 2.45) is 0 Å². The van der Waals surface area contributed by atoms with E-state index in [1.807, 2.05) is 36.4 Å². The Balaban J connectivity index is 2.02. The molecule has 0 aromatic heterocycles. The maximum atomic E-state index is 11.5. The van der Waals surface area contributed by atoms with Crippen LogP contribution in [0.1, 0.15) is 10.4 Å². The van der Waals surface area contributed by atoms with Crippen LogP contribution in [0.3, 0.4) is 0 Å². The van der Waals surface area contributed by atoms with E-state index in [0.717, 1.165) is 23.0 Å². The Morgan fingerprint density at radius 3 is 1.83 bits per heavy atom. The fraction of sp³-hybridized carbons (Fsp3) is 0. The molecule has 1 nitrogen and oxygen atoms in total. The first kappa shape index (κ1) is 14.4. The summed E-state index contributed by atoms with van der Waals surface area (Å²) in [6, 6.07) is 30.8. The van der Waals surface area contributed by atoms with Crippen molar-refractivity contribution >= 4 is 17.1 Å². The van der Waals surface area contributed by atoms with E-state index in [2.05, 4.69) is 54.6 Å². The number of carbonyl (C=O) groups is 1. The Hall–Kier alpha value is -3.19. The van der Waals surface area contributed by atoms with Crippen LogP contribution in [0.15, 0.2) is 91.0 Å². The van der Waals surface area contributed by atoms with Gasteiger partial charge in [-0.05, 0) is 33.0 Å². The maximum Gasteiger partial charge on any atom is 0.150 e. The Kier molecular flexibility index (Phi) is 3.68. The molecule has 0 aliphatic heterocycles. The van der Waals surface area contributed by atoms with E-state index in [0.29, 0.717) is 5.56 Å². The summed E-state index contributed by atoms with van der Waals surface area (Å²) in [5.74, 6) is 0. The number of hydrogen-bond donors (Lipinski definition) is 0. The van der Waals surface area contributed by atoms with Gasteiger partial charge < -0.3 is 0 Å². The molecule has 4 rings (SSSR count). The minimum absolute atomic E-state index is 0.713. The molecule has 0 saturated heterocycles. The van der Waals surface area contributed by atoms with Crippen molar-refractivity contribution in [3.05, 3.63) is 96.6 Å². The van der Waals surface area contributed by atoms with Gasteiger partial charge in [0.05, 0.1) is 0 Å². The third-order valence-corrected chi connectivity index (χ3v) is 4.38. The van der Waals surface area contributed by atoms with Crippen LogP contribution in [0, 0.1) is 0 Å². The van der Waals surface area contributed by atoms with Gasteiger partial charge in [-0.2, -0.15) is 0 Å². The molecular weight excluding hydrogens is 292 g/mol. The van der Waals surface area contributed by atoms with E-state index < -0.39 is 0 Å². The van der Waals surface area contributed by atoms with Gasteiger partial charge in [0.15, 0.2) is 6.29 Å². The Morgan fingerprint density at radius 1 is 0.500 bits per heavy atom. The molecule has 114 valence electrons. The van der Waals surface area contributed by atoms with Gasteiger partial charge in [-0.3, -0.25) is 4.79 Å². The van der Waals surface area contributed by atoms with Crippen LogP contribution < -0.4 is 0 Å². The molecule has 0 saturated carbocycles. The summed E-state index contributed by atoms with van der Waals surface area (Å²) in [7, 11) is 0. The van der Waals surface area contributed by atoms with Gasteiger partial charge in [0.25, 0.3) is 0 Å². The molecule has 0 spiro atoms. The molecule has 0 aliphatic carbocycles. The highest BCUT2D eigenvalue weighted by atomic mass is 16.1. The van der Waals surface area contributed by atoms with Gasteiger partial charge in [0, 0.05) is 5.56 Å². The second-order valence-corrected chi connectivity index (χ2v) is 5.78. The molecule has 0 aliphatic rings. The summed E-state index contributed by atoms with van der Waals surface area (Å²) in [5.41, 5.74) is 5.09. The Labute approximate surface area is 141 Å². The second-order valence-electron chi connectivity index (χ2n) is 5.78. The Bertz CT molecular complexity index is 1030. The van der Waals surface area contributed by atoms with Crippen molar-refractivity contribution in [2.75, 3.05) is 0 Å². The molecule has 0 heterocycles. The van der Waals surface area contributed by atoms with Crippen molar-refractivity contribution in [3.8, 4) is 22.3 Å². The minimum Gasteiger partial charge on any atom is -0.298 e. The fourth-order valence-corrected chi connectivity index (χ4v) is 3.26. The zero-order valence-corrected chi connectivity index (χ0v) is 13.1. The van der Waals surface area contributed by atoms with Crippen LogP contribution in [0.5, 0.6) is 0 Å². The quantitative estimate of drug-likeness (QED) is 0.425. The number of aldehydes is 1. The normalized spacial score (nSPS) is 10.7. The summed E-state index contributed by atoms with van der Waals surface area (Å²) in [6.45, 7) is 0. The van der Waals surface area contributed by atoms with Crippen molar-refractivity contribution in [2.45, 2.75) is 0 Å². The van der Waals surface area contributed by atoms with E-state index in [9.17, 15) is 4.79 Å². The van der Waals surface area contributed by atoms with Gasteiger partial charge in [0.2, 0.25) is 0 Å². The zero-order valence-electron chi connectivity index (χ0n) is 13.1.